The van der Waals surface area contributed by atoms with Gasteiger partial charge in [-0.1, -0.05) is 36.4 Å². The van der Waals surface area contributed by atoms with Crippen LogP contribution in [0, 0.1) is 0 Å². The lowest BCUT2D eigenvalue weighted by Crippen LogP contribution is -2.22. The van der Waals surface area contributed by atoms with E-state index in [0.29, 0.717) is 23.6 Å². The van der Waals surface area contributed by atoms with Gasteiger partial charge in [0.15, 0.2) is 0 Å². The maximum atomic E-state index is 12.3. The van der Waals surface area contributed by atoms with E-state index >= 15 is 0 Å². The summed E-state index contributed by atoms with van der Waals surface area (Å²) >= 11 is 0. The van der Waals surface area contributed by atoms with Gasteiger partial charge < -0.3 is 15.4 Å². The first-order valence-electron chi connectivity index (χ1n) is 9.39. The van der Waals surface area contributed by atoms with E-state index in [2.05, 4.69) is 16.0 Å². The van der Waals surface area contributed by atoms with Crippen LogP contribution in [-0.2, 0) is 11.4 Å². The van der Waals surface area contributed by atoms with Crippen molar-refractivity contribution in [2.45, 2.75) is 6.61 Å². The van der Waals surface area contributed by atoms with Crippen molar-refractivity contribution in [2.75, 3.05) is 17.2 Å². The lowest BCUT2D eigenvalue weighted by molar-refractivity contribution is -0.114. The molecule has 150 valence electrons. The van der Waals surface area contributed by atoms with Crippen molar-refractivity contribution in [1.29, 1.82) is 0 Å². The highest BCUT2D eigenvalue weighted by atomic mass is 16.5. The van der Waals surface area contributed by atoms with E-state index in [4.69, 9.17) is 4.74 Å². The van der Waals surface area contributed by atoms with Gasteiger partial charge in [-0.3, -0.25) is 19.7 Å². The highest BCUT2D eigenvalue weighted by molar-refractivity contribution is 6.22. The summed E-state index contributed by atoms with van der Waals surface area (Å²) in [4.78, 5) is 35.6. The van der Waals surface area contributed by atoms with Gasteiger partial charge in [0.2, 0.25) is 5.91 Å². The summed E-state index contributed by atoms with van der Waals surface area (Å²) in [5, 5.41) is 7.98. The Bertz CT molecular complexity index is 1110. The van der Waals surface area contributed by atoms with Crippen LogP contribution in [0.15, 0.2) is 72.8 Å². The number of hydrogen-bond donors (Lipinski definition) is 3. The molecule has 0 saturated heterocycles. The molecule has 0 bridgehead atoms. The average Bonchev–Trinajstić information content (AvgIpc) is 3.05. The molecule has 1 heterocycles. The van der Waals surface area contributed by atoms with Crippen LogP contribution in [-0.4, -0.2) is 24.3 Å². The molecule has 0 aromatic heterocycles. The predicted octanol–water partition coefficient (Wildman–Crippen LogP) is 3.20. The Hall–Kier alpha value is -4.13. The molecule has 0 saturated carbocycles. The number of ether oxygens (including phenoxy) is 1. The first-order chi connectivity index (χ1) is 14.6. The van der Waals surface area contributed by atoms with E-state index in [9.17, 15) is 14.4 Å². The molecule has 0 spiro atoms. The van der Waals surface area contributed by atoms with Gasteiger partial charge in [-0.05, 0) is 35.9 Å². The molecule has 1 aliphatic rings. The van der Waals surface area contributed by atoms with E-state index in [1.165, 1.54) is 12.1 Å². The van der Waals surface area contributed by atoms with Crippen LogP contribution in [0.5, 0.6) is 5.75 Å². The molecule has 7 heteroatoms. The van der Waals surface area contributed by atoms with Gasteiger partial charge in [-0.25, -0.2) is 0 Å². The highest BCUT2D eigenvalue weighted by Gasteiger charge is 2.26. The number of fused-ring (bicyclic) bond motifs is 1. The van der Waals surface area contributed by atoms with Crippen molar-refractivity contribution in [3.63, 3.8) is 0 Å². The first kappa shape index (κ1) is 19.2. The average molecular weight is 401 g/mol. The second-order valence-electron chi connectivity index (χ2n) is 6.75. The van der Waals surface area contributed by atoms with E-state index in [1.54, 1.807) is 6.07 Å². The predicted molar refractivity (Wildman–Crippen MR) is 113 cm³/mol. The normalized spacial score (nSPS) is 12.1. The van der Waals surface area contributed by atoms with E-state index in [-0.39, 0.29) is 18.0 Å². The van der Waals surface area contributed by atoms with Gasteiger partial charge in [0.1, 0.15) is 12.4 Å². The molecule has 3 N–H and O–H groups in total. The summed E-state index contributed by atoms with van der Waals surface area (Å²) < 4.78 is 5.79. The Morgan fingerprint density at radius 2 is 1.63 bits per heavy atom. The van der Waals surface area contributed by atoms with Gasteiger partial charge in [-0.15, -0.1) is 0 Å². The minimum Gasteiger partial charge on any atom is -0.489 e. The van der Waals surface area contributed by atoms with Crippen molar-refractivity contribution < 1.29 is 19.1 Å². The fourth-order valence-corrected chi connectivity index (χ4v) is 3.07. The first-order valence-corrected chi connectivity index (χ1v) is 9.39. The Labute approximate surface area is 173 Å². The van der Waals surface area contributed by atoms with E-state index in [0.717, 1.165) is 11.3 Å². The molecular weight excluding hydrogens is 382 g/mol. The Kier molecular flexibility index (Phi) is 5.43. The van der Waals surface area contributed by atoms with Gasteiger partial charge in [-0.2, -0.15) is 0 Å². The number of rotatable bonds is 7. The summed E-state index contributed by atoms with van der Waals surface area (Å²) in [7, 11) is 0. The number of benzene rings is 3. The standard InChI is InChI=1S/C23H19N3O4/c27-21(25-17-9-10-19-20(12-17)23(29)26-22(19)28)13-24-16-7-4-8-18(11-16)30-14-15-5-2-1-3-6-15/h1-12,24H,13-14H2,(H,25,27)(H,26,28,29). The third kappa shape index (κ3) is 4.47. The fourth-order valence-electron chi connectivity index (χ4n) is 3.07. The van der Waals surface area contributed by atoms with E-state index in [1.807, 2.05) is 54.6 Å². The molecule has 1 aliphatic heterocycles. The minimum atomic E-state index is -0.462. The quantitative estimate of drug-likeness (QED) is 0.529. The van der Waals surface area contributed by atoms with Crippen LogP contribution in [0.2, 0.25) is 0 Å². The summed E-state index contributed by atoms with van der Waals surface area (Å²) in [5.74, 6) is -0.477. The van der Waals surface area contributed by atoms with Crippen molar-refractivity contribution >= 4 is 29.1 Å². The van der Waals surface area contributed by atoms with Crippen LogP contribution >= 0.6 is 0 Å². The van der Waals surface area contributed by atoms with Crippen LogP contribution in [0.25, 0.3) is 0 Å². The molecule has 3 aromatic carbocycles. The summed E-state index contributed by atoms with van der Waals surface area (Å²) in [6.07, 6.45) is 0. The largest absolute Gasteiger partial charge is 0.489 e. The lowest BCUT2D eigenvalue weighted by atomic mass is 10.1. The number of nitrogens with one attached hydrogen (secondary N) is 3. The van der Waals surface area contributed by atoms with Gasteiger partial charge in [0, 0.05) is 17.4 Å². The number of imide groups is 1. The van der Waals surface area contributed by atoms with Gasteiger partial charge in [0.05, 0.1) is 17.7 Å². The zero-order valence-electron chi connectivity index (χ0n) is 16.0. The SMILES string of the molecule is O=C(CNc1cccc(OCc2ccccc2)c1)Nc1ccc2c(c1)C(=O)NC2=O. The second kappa shape index (κ2) is 8.48. The van der Waals surface area contributed by atoms with Crippen molar-refractivity contribution in [2.24, 2.45) is 0 Å². The third-order valence-electron chi connectivity index (χ3n) is 4.56. The molecular formula is C23H19N3O4. The summed E-state index contributed by atoms with van der Waals surface area (Å²) in [6.45, 7) is 0.490. The fraction of sp³-hybridized carbons (Fsp3) is 0.0870. The molecule has 7 nitrogen and oxygen atoms in total. The lowest BCUT2D eigenvalue weighted by Gasteiger charge is -2.11. The van der Waals surface area contributed by atoms with Crippen molar-refractivity contribution in [1.82, 2.24) is 5.32 Å². The van der Waals surface area contributed by atoms with Crippen molar-refractivity contribution in [3.05, 3.63) is 89.5 Å². The molecule has 0 atom stereocenters. The maximum absolute atomic E-state index is 12.3. The Morgan fingerprint density at radius 1 is 0.833 bits per heavy atom. The number of hydrogen-bond acceptors (Lipinski definition) is 5. The van der Waals surface area contributed by atoms with Gasteiger partial charge in [0.25, 0.3) is 11.8 Å². The molecule has 0 fully saturated rings. The topological polar surface area (TPSA) is 96.5 Å². The Balaban J connectivity index is 1.31. The maximum Gasteiger partial charge on any atom is 0.259 e. The summed E-state index contributed by atoms with van der Waals surface area (Å²) in [5.41, 5.74) is 2.83. The zero-order chi connectivity index (χ0) is 20.9. The number of carbonyl (C=O) groups excluding carboxylic acids is 3. The zero-order valence-corrected chi connectivity index (χ0v) is 16.0. The van der Waals surface area contributed by atoms with Crippen LogP contribution < -0.4 is 20.7 Å². The monoisotopic (exact) mass is 401 g/mol. The van der Waals surface area contributed by atoms with Gasteiger partial charge >= 0.3 is 0 Å². The van der Waals surface area contributed by atoms with Crippen molar-refractivity contribution in [3.8, 4) is 5.75 Å². The molecule has 0 aliphatic carbocycles. The van der Waals surface area contributed by atoms with E-state index < -0.39 is 11.8 Å². The number of anilines is 2. The molecule has 30 heavy (non-hydrogen) atoms. The molecule has 3 aromatic rings. The molecule has 0 radical (unpaired) electrons. The van der Waals surface area contributed by atoms with Crippen LogP contribution in [0.3, 0.4) is 0 Å². The third-order valence-corrected chi connectivity index (χ3v) is 4.56. The van der Waals surface area contributed by atoms with Crippen LogP contribution in [0.4, 0.5) is 11.4 Å². The molecule has 0 unspecified atom stereocenters. The summed E-state index contributed by atoms with van der Waals surface area (Å²) in [6, 6.07) is 21.8. The van der Waals surface area contributed by atoms with Crippen LogP contribution in [0.1, 0.15) is 26.3 Å². The molecule has 3 amide bonds. The Morgan fingerprint density at radius 3 is 2.47 bits per heavy atom. The highest BCUT2D eigenvalue weighted by Crippen LogP contribution is 2.21. The number of carbonyl (C=O) groups is 3. The smallest absolute Gasteiger partial charge is 0.259 e. The minimum absolute atomic E-state index is 0.0321. The molecule has 4 rings (SSSR count). The second-order valence-corrected chi connectivity index (χ2v) is 6.75. The number of amides is 3.